The van der Waals surface area contributed by atoms with Gasteiger partial charge in [-0.3, -0.25) is 14.4 Å². The normalized spacial score (nSPS) is 12.9. The molecule has 0 spiro atoms. The van der Waals surface area contributed by atoms with E-state index in [2.05, 4.69) is 69.4 Å². The van der Waals surface area contributed by atoms with Crippen LogP contribution in [0.4, 0.5) is 0 Å². The minimum absolute atomic E-state index is 0.0984. The van der Waals surface area contributed by atoms with E-state index in [4.69, 9.17) is 14.2 Å². The maximum absolute atomic E-state index is 12.8. The van der Waals surface area contributed by atoms with Crippen LogP contribution in [0.2, 0.25) is 0 Å². The molecule has 1 atom stereocenters. The predicted octanol–water partition coefficient (Wildman–Crippen LogP) is 17.4. The Hall–Kier alpha value is -3.67. The van der Waals surface area contributed by atoms with Gasteiger partial charge < -0.3 is 14.2 Å². The number of allylic oxidation sites excluding steroid dienone is 16. The molecule has 0 N–H and O–H groups in total. The Bertz CT molecular complexity index is 1300. The maximum atomic E-state index is 12.8. The van der Waals surface area contributed by atoms with Crippen LogP contribution in [0, 0.1) is 0 Å². The van der Waals surface area contributed by atoms with Gasteiger partial charge in [-0.1, -0.05) is 240 Å². The summed E-state index contributed by atoms with van der Waals surface area (Å²) in [5.74, 6) is -0.954. The minimum Gasteiger partial charge on any atom is -0.462 e. The van der Waals surface area contributed by atoms with Crippen LogP contribution in [0.25, 0.3) is 0 Å². The van der Waals surface area contributed by atoms with Crippen molar-refractivity contribution in [3.63, 3.8) is 0 Å². The van der Waals surface area contributed by atoms with E-state index in [1.54, 1.807) is 0 Å². The predicted molar refractivity (Wildman–Crippen MR) is 274 cm³/mol. The second-order valence-electron chi connectivity index (χ2n) is 17.2. The zero-order chi connectivity index (χ0) is 46.5. The van der Waals surface area contributed by atoms with E-state index in [0.717, 1.165) is 96.3 Å². The molecule has 0 saturated carbocycles. The van der Waals surface area contributed by atoms with Crippen LogP contribution in [0.15, 0.2) is 97.2 Å². The summed E-state index contributed by atoms with van der Waals surface area (Å²) in [4.78, 5) is 38.0. The molecule has 0 aromatic rings. The van der Waals surface area contributed by atoms with Crippen LogP contribution in [0.1, 0.15) is 233 Å². The fourth-order valence-electron chi connectivity index (χ4n) is 7.07. The third kappa shape index (κ3) is 49.3. The fraction of sp³-hybridized carbons (Fsp3) is 0.672. The molecular weight excluding hydrogens is 793 g/mol. The lowest BCUT2D eigenvalue weighted by Gasteiger charge is -2.18. The molecule has 0 heterocycles. The van der Waals surface area contributed by atoms with Gasteiger partial charge in [-0.15, -0.1) is 0 Å². The monoisotopic (exact) mass is 889 g/mol. The van der Waals surface area contributed by atoms with Crippen molar-refractivity contribution in [2.45, 2.75) is 239 Å². The van der Waals surface area contributed by atoms with Crippen molar-refractivity contribution in [3.05, 3.63) is 97.2 Å². The summed E-state index contributed by atoms with van der Waals surface area (Å²) in [7, 11) is 0. The molecule has 0 bridgehead atoms. The van der Waals surface area contributed by atoms with Crippen molar-refractivity contribution in [3.8, 4) is 0 Å². The molecule has 64 heavy (non-hydrogen) atoms. The van der Waals surface area contributed by atoms with Crippen molar-refractivity contribution in [1.29, 1.82) is 0 Å². The summed E-state index contributed by atoms with van der Waals surface area (Å²) in [6.07, 6.45) is 68.2. The number of carbonyl (C=O) groups is 3. The van der Waals surface area contributed by atoms with E-state index in [1.807, 2.05) is 48.6 Å². The molecule has 0 aliphatic carbocycles. The second kappa shape index (κ2) is 52.0. The van der Waals surface area contributed by atoms with E-state index in [1.165, 1.54) is 89.9 Å². The van der Waals surface area contributed by atoms with Crippen LogP contribution in [0.5, 0.6) is 0 Å². The van der Waals surface area contributed by atoms with Gasteiger partial charge in [0.05, 0.1) is 0 Å². The van der Waals surface area contributed by atoms with Crippen LogP contribution in [-0.4, -0.2) is 37.2 Å². The van der Waals surface area contributed by atoms with Gasteiger partial charge >= 0.3 is 17.9 Å². The molecule has 0 rings (SSSR count). The summed E-state index contributed by atoms with van der Waals surface area (Å²) in [5.41, 5.74) is 0. The summed E-state index contributed by atoms with van der Waals surface area (Å²) < 4.78 is 16.8. The quantitative estimate of drug-likeness (QED) is 0.0199. The minimum atomic E-state index is -0.804. The Morgan fingerprint density at radius 1 is 0.344 bits per heavy atom. The number of hydrogen-bond acceptors (Lipinski definition) is 6. The van der Waals surface area contributed by atoms with Crippen molar-refractivity contribution in [1.82, 2.24) is 0 Å². The molecule has 0 aliphatic rings. The Morgan fingerprint density at radius 3 is 1.16 bits per heavy atom. The number of esters is 3. The highest BCUT2D eigenvalue weighted by Crippen LogP contribution is 2.15. The molecule has 0 aromatic heterocycles. The average molecular weight is 889 g/mol. The standard InChI is InChI=1S/C58H96O6/c1-4-7-10-13-16-19-22-25-28-31-33-36-39-42-45-48-51-57(60)63-54-55(64-58(61)52-49-46-43-40-37-34-30-27-24-21-18-15-12-9-6-3)53-62-56(59)50-47-44-41-38-35-32-29-26-23-20-17-14-11-8-5-2/h7,9-10,12,15-16,18-19,21,24-25,27-28,30,34,37,55H,4-6,8,11,13-14,17,20,22-23,26,29,31-33,35-36,38-54H2,1-3H3/b10-7-,12-9-,18-15-,19-16-,24-21-,28-25-,30-27-,37-34-. The van der Waals surface area contributed by atoms with Crippen molar-refractivity contribution >= 4 is 17.9 Å². The molecule has 0 amide bonds. The van der Waals surface area contributed by atoms with Gasteiger partial charge in [0.15, 0.2) is 6.10 Å². The number of hydrogen-bond donors (Lipinski definition) is 0. The molecular formula is C58H96O6. The van der Waals surface area contributed by atoms with Gasteiger partial charge in [-0.05, 0) is 70.6 Å². The summed E-state index contributed by atoms with van der Waals surface area (Å²) in [6.45, 7) is 6.34. The molecule has 6 nitrogen and oxygen atoms in total. The van der Waals surface area contributed by atoms with Crippen LogP contribution < -0.4 is 0 Å². The third-order valence-electron chi connectivity index (χ3n) is 11.0. The Labute approximate surface area is 394 Å². The molecule has 364 valence electrons. The van der Waals surface area contributed by atoms with Crippen LogP contribution in [-0.2, 0) is 28.6 Å². The lowest BCUT2D eigenvalue weighted by atomic mass is 10.0. The van der Waals surface area contributed by atoms with Gasteiger partial charge in [-0.2, -0.15) is 0 Å². The van der Waals surface area contributed by atoms with E-state index < -0.39 is 6.10 Å². The zero-order valence-electron chi connectivity index (χ0n) is 41.5. The molecule has 0 aliphatic heterocycles. The molecule has 0 radical (unpaired) electrons. The largest absolute Gasteiger partial charge is 0.462 e. The third-order valence-corrected chi connectivity index (χ3v) is 11.0. The first kappa shape index (κ1) is 60.3. The summed E-state index contributed by atoms with van der Waals surface area (Å²) in [5, 5.41) is 0. The van der Waals surface area contributed by atoms with Crippen molar-refractivity contribution < 1.29 is 28.6 Å². The average Bonchev–Trinajstić information content (AvgIpc) is 3.29. The number of ether oxygens (including phenoxy) is 3. The van der Waals surface area contributed by atoms with Crippen molar-refractivity contribution in [2.75, 3.05) is 13.2 Å². The Morgan fingerprint density at radius 2 is 0.688 bits per heavy atom. The van der Waals surface area contributed by atoms with Crippen LogP contribution in [0.3, 0.4) is 0 Å². The first-order valence-corrected chi connectivity index (χ1v) is 26.3. The Kier molecular flexibility index (Phi) is 49.0. The van der Waals surface area contributed by atoms with E-state index in [-0.39, 0.29) is 37.5 Å². The van der Waals surface area contributed by atoms with Crippen molar-refractivity contribution in [2.24, 2.45) is 0 Å². The molecule has 0 fully saturated rings. The van der Waals surface area contributed by atoms with Gasteiger partial charge in [0.2, 0.25) is 0 Å². The smallest absolute Gasteiger partial charge is 0.306 e. The zero-order valence-corrected chi connectivity index (χ0v) is 41.5. The van der Waals surface area contributed by atoms with Gasteiger partial charge in [0.25, 0.3) is 0 Å². The highest BCUT2D eigenvalue weighted by Gasteiger charge is 2.19. The molecule has 1 unspecified atom stereocenters. The Balaban J connectivity index is 4.48. The van der Waals surface area contributed by atoms with Gasteiger partial charge in [-0.25, -0.2) is 0 Å². The summed E-state index contributed by atoms with van der Waals surface area (Å²) in [6, 6.07) is 0. The molecule has 0 saturated heterocycles. The van der Waals surface area contributed by atoms with Crippen LogP contribution >= 0.6 is 0 Å². The fourth-order valence-corrected chi connectivity index (χ4v) is 7.07. The number of rotatable bonds is 46. The first-order chi connectivity index (χ1) is 31.5. The van der Waals surface area contributed by atoms with Gasteiger partial charge in [0.1, 0.15) is 13.2 Å². The SMILES string of the molecule is CC\C=C/C=C\C=C/C=C\C=C/CCCCCC(=O)OC(COC(=O)CCCCCCCC/C=C\C/C=C\C/C=C\CC)COC(=O)CCCCCCCCCCCCCCCCC. The lowest BCUT2D eigenvalue weighted by molar-refractivity contribution is -0.167. The van der Waals surface area contributed by atoms with E-state index in [9.17, 15) is 14.4 Å². The van der Waals surface area contributed by atoms with Gasteiger partial charge in [0, 0.05) is 19.3 Å². The maximum Gasteiger partial charge on any atom is 0.306 e. The lowest BCUT2D eigenvalue weighted by Crippen LogP contribution is -2.30. The highest BCUT2D eigenvalue weighted by molar-refractivity contribution is 5.71. The van der Waals surface area contributed by atoms with E-state index >= 15 is 0 Å². The highest BCUT2D eigenvalue weighted by atomic mass is 16.6. The summed E-state index contributed by atoms with van der Waals surface area (Å²) >= 11 is 0. The topological polar surface area (TPSA) is 78.9 Å². The molecule has 6 heteroatoms. The van der Waals surface area contributed by atoms with E-state index in [0.29, 0.717) is 19.3 Å². The number of unbranched alkanes of at least 4 members (excludes halogenated alkanes) is 23. The molecule has 0 aromatic carbocycles. The number of carbonyl (C=O) groups excluding carboxylic acids is 3. The first-order valence-electron chi connectivity index (χ1n) is 26.3. The second-order valence-corrected chi connectivity index (χ2v) is 17.2.